The summed E-state index contributed by atoms with van der Waals surface area (Å²) in [6, 6.07) is 6.03. The first-order valence-electron chi connectivity index (χ1n) is 7.10. The van der Waals surface area contributed by atoms with Crippen LogP contribution in [0.5, 0.6) is 0 Å². The molecule has 0 radical (unpaired) electrons. The normalized spacial score (nSPS) is 20.3. The predicted octanol–water partition coefficient (Wildman–Crippen LogP) is 3.67. The number of aryl methyl sites for hydroxylation is 1. The Morgan fingerprint density at radius 1 is 1.41 bits per heavy atom. The van der Waals surface area contributed by atoms with Gasteiger partial charge in [-0.05, 0) is 42.5 Å². The number of nitrogens with zero attached hydrogens (tertiary/aromatic N) is 2. The summed E-state index contributed by atoms with van der Waals surface area (Å²) in [4.78, 5) is 17.3. The Morgan fingerprint density at radius 3 is 2.91 bits per heavy atom. The molecule has 0 unspecified atom stereocenters. The molecule has 1 fully saturated rings. The number of hydrogen-bond donors (Lipinski definition) is 1. The number of hydrogen-bond acceptors (Lipinski definition) is 3. The zero-order chi connectivity index (χ0) is 15.3. The molecule has 0 aliphatic heterocycles. The zero-order valence-corrected chi connectivity index (χ0v) is 12.7. The Hall–Kier alpha value is -2.21. The molecule has 0 spiro atoms. The number of pyridine rings is 1. The van der Waals surface area contributed by atoms with E-state index in [0.717, 1.165) is 11.2 Å². The van der Waals surface area contributed by atoms with Crippen molar-refractivity contribution in [2.24, 2.45) is 5.92 Å². The van der Waals surface area contributed by atoms with Gasteiger partial charge in [-0.25, -0.2) is 9.37 Å². The van der Waals surface area contributed by atoms with Crippen molar-refractivity contribution >= 4 is 28.7 Å². The molecule has 4 rings (SSSR count). The molecule has 0 saturated heterocycles. The average molecular weight is 315 g/mol. The van der Waals surface area contributed by atoms with Gasteiger partial charge in [0.1, 0.15) is 11.8 Å². The number of amides is 1. The maximum atomic E-state index is 12.9. The summed E-state index contributed by atoms with van der Waals surface area (Å²) in [7, 11) is 0. The van der Waals surface area contributed by atoms with Gasteiger partial charge < -0.3 is 9.72 Å². The fourth-order valence-corrected chi connectivity index (χ4v) is 3.43. The number of aromatic nitrogens is 2. The second-order valence-electron chi connectivity index (χ2n) is 5.59. The average Bonchev–Trinajstić information content (AvgIpc) is 2.90. The summed E-state index contributed by atoms with van der Waals surface area (Å²) in [5.41, 5.74) is 3.10. The van der Waals surface area contributed by atoms with Gasteiger partial charge in [-0.1, -0.05) is 0 Å². The number of carbonyl (C=O) groups excluding carboxylic acids is 1. The summed E-state index contributed by atoms with van der Waals surface area (Å²) in [6.07, 6.45) is 3.08. The van der Waals surface area contributed by atoms with E-state index in [4.69, 9.17) is 0 Å². The van der Waals surface area contributed by atoms with E-state index in [1.807, 2.05) is 22.7 Å². The van der Waals surface area contributed by atoms with Crippen LogP contribution in [0.4, 0.5) is 10.2 Å². The molecule has 1 aliphatic carbocycles. The summed E-state index contributed by atoms with van der Waals surface area (Å²) in [6.45, 7) is 2.08. The molecule has 4 nitrogen and oxygen atoms in total. The molecule has 3 aromatic rings. The lowest BCUT2D eigenvalue weighted by molar-refractivity contribution is -0.117. The van der Waals surface area contributed by atoms with Gasteiger partial charge in [0.2, 0.25) is 5.91 Å². The monoisotopic (exact) mass is 315 g/mol. The SMILES string of the molecule is Cc1ccsc1-c1ccc2nc(NC(=O)[C@@H]3C[C@@H]3F)cn2c1. The number of rotatable bonds is 3. The molecule has 112 valence electrons. The van der Waals surface area contributed by atoms with Crippen LogP contribution in [0, 0.1) is 12.8 Å². The highest BCUT2D eigenvalue weighted by Gasteiger charge is 2.43. The minimum Gasteiger partial charge on any atom is -0.309 e. The van der Waals surface area contributed by atoms with Crippen LogP contribution in [0.15, 0.2) is 36.0 Å². The van der Waals surface area contributed by atoms with Crippen molar-refractivity contribution in [3.05, 3.63) is 41.5 Å². The largest absolute Gasteiger partial charge is 0.309 e. The predicted molar refractivity (Wildman–Crippen MR) is 84.9 cm³/mol. The summed E-state index contributed by atoms with van der Waals surface area (Å²) in [5.74, 6) is -0.330. The van der Waals surface area contributed by atoms with E-state index >= 15 is 0 Å². The molecular formula is C16H14FN3OS. The van der Waals surface area contributed by atoms with Gasteiger partial charge in [-0.3, -0.25) is 4.79 Å². The fourth-order valence-electron chi connectivity index (χ4n) is 2.51. The van der Waals surface area contributed by atoms with E-state index < -0.39 is 12.1 Å². The molecule has 2 atom stereocenters. The third kappa shape index (κ3) is 2.29. The number of halogens is 1. The highest BCUT2D eigenvalue weighted by molar-refractivity contribution is 7.13. The number of thiophene rings is 1. The molecule has 0 bridgehead atoms. The van der Waals surface area contributed by atoms with Gasteiger partial charge in [0.05, 0.1) is 12.1 Å². The highest BCUT2D eigenvalue weighted by Crippen LogP contribution is 2.34. The second kappa shape index (κ2) is 4.91. The third-order valence-corrected chi connectivity index (χ3v) is 4.94. The maximum absolute atomic E-state index is 12.9. The minimum absolute atomic E-state index is 0.287. The first-order chi connectivity index (χ1) is 10.6. The maximum Gasteiger partial charge on any atom is 0.231 e. The molecular weight excluding hydrogens is 301 g/mol. The molecule has 6 heteroatoms. The van der Waals surface area contributed by atoms with Crippen molar-refractivity contribution in [3.8, 4) is 10.4 Å². The van der Waals surface area contributed by atoms with Crippen LogP contribution in [-0.4, -0.2) is 21.5 Å². The van der Waals surface area contributed by atoms with E-state index in [-0.39, 0.29) is 5.91 Å². The molecule has 22 heavy (non-hydrogen) atoms. The van der Waals surface area contributed by atoms with E-state index in [2.05, 4.69) is 28.7 Å². The minimum atomic E-state index is -0.995. The van der Waals surface area contributed by atoms with Gasteiger partial charge >= 0.3 is 0 Å². The molecule has 1 saturated carbocycles. The van der Waals surface area contributed by atoms with Crippen molar-refractivity contribution in [2.75, 3.05) is 5.32 Å². The summed E-state index contributed by atoms with van der Waals surface area (Å²) in [5, 5.41) is 4.75. The van der Waals surface area contributed by atoms with Crippen molar-refractivity contribution in [1.29, 1.82) is 0 Å². The van der Waals surface area contributed by atoms with E-state index in [0.29, 0.717) is 12.2 Å². The third-order valence-electron chi connectivity index (χ3n) is 3.88. The van der Waals surface area contributed by atoms with Crippen LogP contribution >= 0.6 is 11.3 Å². The summed E-state index contributed by atoms with van der Waals surface area (Å²) < 4.78 is 14.8. The number of carbonyl (C=O) groups is 1. The number of fused-ring (bicyclic) bond motifs is 1. The number of anilines is 1. The summed E-state index contributed by atoms with van der Waals surface area (Å²) >= 11 is 1.70. The van der Waals surface area contributed by atoms with Gasteiger partial charge in [0.25, 0.3) is 0 Å². The van der Waals surface area contributed by atoms with Crippen LogP contribution in [0.25, 0.3) is 16.1 Å². The van der Waals surface area contributed by atoms with Crippen molar-refractivity contribution in [2.45, 2.75) is 19.5 Å². The van der Waals surface area contributed by atoms with Crippen LogP contribution in [-0.2, 0) is 4.79 Å². The van der Waals surface area contributed by atoms with Gasteiger partial charge in [0.15, 0.2) is 5.82 Å². The van der Waals surface area contributed by atoms with Crippen LogP contribution < -0.4 is 5.32 Å². The molecule has 3 aromatic heterocycles. The lowest BCUT2D eigenvalue weighted by atomic mass is 10.2. The van der Waals surface area contributed by atoms with E-state index in [9.17, 15) is 9.18 Å². The smallest absolute Gasteiger partial charge is 0.231 e. The Bertz CT molecular complexity index is 869. The number of nitrogens with one attached hydrogen (secondary N) is 1. The fraction of sp³-hybridized carbons (Fsp3) is 0.250. The quantitative estimate of drug-likeness (QED) is 0.801. The van der Waals surface area contributed by atoms with E-state index in [1.165, 1.54) is 10.4 Å². The van der Waals surface area contributed by atoms with Crippen molar-refractivity contribution in [1.82, 2.24) is 9.38 Å². The van der Waals surface area contributed by atoms with Gasteiger partial charge in [-0.15, -0.1) is 11.3 Å². The van der Waals surface area contributed by atoms with Gasteiger partial charge in [0, 0.05) is 16.6 Å². The Kier molecular flexibility index (Phi) is 3.00. The first kappa shape index (κ1) is 13.5. The second-order valence-corrected chi connectivity index (χ2v) is 6.51. The topological polar surface area (TPSA) is 46.4 Å². The van der Waals surface area contributed by atoms with Crippen molar-refractivity contribution in [3.63, 3.8) is 0 Å². The zero-order valence-electron chi connectivity index (χ0n) is 11.9. The number of alkyl halides is 1. The van der Waals surface area contributed by atoms with Crippen molar-refractivity contribution < 1.29 is 9.18 Å². The van der Waals surface area contributed by atoms with Crippen LogP contribution in [0.3, 0.4) is 0 Å². The lowest BCUT2D eigenvalue weighted by Gasteiger charge is -2.01. The van der Waals surface area contributed by atoms with Crippen LogP contribution in [0.2, 0.25) is 0 Å². The van der Waals surface area contributed by atoms with Gasteiger partial charge in [-0.2, -0.15) is 0 Å². The van der Waals surface area contributed by atoms with E-state index in [1.54, 1.807) is 17.5 Å². The number of imidazole rings is 1. The lowest BCUT2D eigenvalue weighted by Crippen LogP contribution is -2.15. The highest BCUT2D eigenvalue weighted by atomic mass is 32.1. The van der Waals surface area contributed by atoms with Crippen LogP contribution in [0.1, 0.15) is 12.0 Å². The Morgan fingerprint density at radius 2 is 2.23 bits per heavy atom. The standard InChI is InChI=1S/C16H14FN3OS/c1-9-4-5-22-15(9)10-2-3-14-18-13(8-20(14)7-10)19-16(21)11-6-12(11)17/h2-5,7-8,11-12H,6H2,1H3,(H,19,21)/t11-,12+/m1/s1. The first-order valence-corrected chi connectivity index (χ1v) is 7.98. The molecule has 1 N–H and O–H groups in total. The molecule has 1 aliphatic rings. The molecule has 0 aromatic carbocycles. The molecule has 1 amide bonds. The Balaban J connectivity index is 1.63. The molecule has 3 heterocycles. The Labute approximate surface area is 130 Å².